The number of likely N-dealkylation sites (tertiary alicyclic amines) is 1. The fraction of sp³-hybridized carbons (Fsp3) is 0.533. The van der Waals surface area contributed by atoms with Crippen LogP contribution in [0.3, 0.4) is 0 Å². The predicted molar refractivity (Wildman–Crippen MR) is 82.6 cm³/mol. The Morgan fingerprint density at radius 1 is 1.57 bits per heavy atom. The summed E-state index contributed by atoms with van der Waals surface area (Å²) in [5.41, 5.74) is 6.41. The Morgan fingerprint density at radius 3 is 3.00 bits per heavy atom. The van der Waals surface area contributed by atoms with E-state index in [1.807, 2.05) is 11.9 Å². The minimum absolute atomic E-state index is 0.185. The average Bonchev–Trinajstić information content (AvgIpc) is 2.79. The summed E-state index contributed by atoms with van der Waals surface area (Å²) in [5, 5.41) is 2.66. The Balaban J connectivity index is 1.85. The van der Waals surface area contributed by atoms with Gasteiger partial charge in [-0.05, 0) is 51.7 Å². The van der Waals surface area contributed by atoms with Gasteiger partial charge in [0.25, 0.3) is 0 Å². The standard InChI is InChI=1S/C15H23FN4O/c1-19(9-12-4-3-7-20(12)2)10-15(21)18-14-8-11(16)5-6-13(14)17/h5-6,8,12H,3-4,7,9-10,17H2,1-2H3,(H,18,21). The number of nitrogens with two attached hydrogens (primary N) is 1. The molecule has 0 aromatic heterocycles. The fourth-order valence-electron chi connectivity index (χ4n) is 2.71. The van der Waals surface area contributed by atoms with E-state index in [1.165, 1.54) is 31.0 Å². The number of benzene rings is 1. The van der Waals surface area contributed by atoms with Crippen LogP contribution in [-0.4, -0.2) is 55.5 Å². The first-order chi connectivity index (χ1) is 9.95. The van der Waals surface area contributed by atoms with E-state index in [0.29, 0.717) is 17.4 Å². The summed E-state index contributed by atoms with van der Waals surface area (Å²) in [6, 6.07) is 4.45. The van der Waals surface area contributed by atoms with Gasteiger partial charge in [-0.25, -0.2) is 4.39 Å². The maximum atomic E-state index is 13.2. The maximum absolute atomic E-state index is 13.2. The number of likely N-dealkylation sites (N-methyl/N-ethyl adjacent to an activating group) is 2. The van der Waals surface area contributed by atoms with Gasteiger partial charge in [0.05, 0.1) is 17.9 Å². The minimum atomic E-state index is -0.416. The van der Waals surface area contributed by atoms with E-state index in [0.717, 1.165) is 13.1 Å². The van der Waals surface area contributed by atoms with Crippen LogP contribution >= 0.6 is 0 Å². The monoisotopic (exact) mass is 294 g/mol. The largest absolute Gasteiger partial charge is 0.397 e. The van der Waals surface area contributed by atoms with Crippen LogP contribution in [0.2, 0.25) is 0 Å². The van der Waals surface area contributed by atoms with E-state index in [9.17, 15) is 9.18 Å². The summed E-state index contributed by atoms with van der Waals surface area (Å²) in [7, 11) is 4.03. The van der Waals surface area contributed by atoms with Crippen molar-refractivity contribution in [3.05, 3.63) is 24.0 Å². The molecule has 116 valence electrons. The molecule has 1 fully saturated rings. The normalized spacial score (nSPS) is 19.1. The molecule has 1 heterocycles. The molecular formula is C15H23FN4O. The van der Waals surface area contributed by atoms with Crippen molar-refractivity contribution >= 4 is 17.3 Å². The molecule has 1 aromatic carbocycles. The number of nitrogens with zero attached hydrogens (tertiary/aromatic N) is 2. The molecule has 0 saturated carbocycles. The van der Waals surface area contributed by atoms with E-state index in [2.05, 4.69) is 17.3 Å². The van der Waals surface area contributed by atoms with Crippen LogP contribution in [0.4, 0.5) is 15.8 Å². The van der Waals surface area contributed by atoms with Crippen LogP contribution in [0.15, 0.2) is 18.2 Å². The number of carbonyl (C=O) groups is 1. The first-order valence-corrected chi connectivity index (χ1v) is 7.19. The van der Waals surface area contributed by atoms with Crippen molar-refractivity contribution in [1.29, 1.82) is 0 Å². The molecule has 1 atom stereocenters. The Labute approximate surface area is 124 Å². The van der Waals surface area contributed by atoms with Crippen molar-refractivity contribution in [2.24, 2.45) is 0 Å². The molecular weight excluding hydrogens is 271 g/mol. The quantitative estimate of drug-likeness (QED) is 0.805. The summed E-state index contributed by atoms with van der Waals surface area (Å²) in [6.45, 7) is 2.23. The second-order valence-corrected chi connectivity index (χ2v) is 5.75. The summed E-state index contributed by atoms with van der Waals surface area (Å²) < 4.78 is 13.2. The third-order valence-corrected chi connectivity index (χ3v) is 3.90. The molecule has 6 heteroatoms. The maximum Gasteiger partial charge on any atom is 0.238 e. The smallest absolute Gasteiger partial charge is 0.238 e. The Morgan fingerprint density at radius 2 is 2.33 bits per heavy atom. The first-order valence-electron chi connectivity index (χ1n) is 7.19. The van der Waals surface area contributed by atoms with Crippen LogP contribution in [0, 0.1) is 5.82 Å². The van der Waals surface area contributed by atoms with Gasteiger partial charge in [-0.3, -0.25) is 9.69 Å². The third-order valence-electron chi connectivity index (χ3n) is 3.90. The Bertz CT molecular complexity index is 508. The van der Waals surface area contributed by atoms with Gasteiger partial charge in [0.2, 0.25) is 5.91 Å². The first kappa shape index (κ1) is 15.7. The zero-order valence-electron chi connectivity index (χ0n) is 12.6. The van der Waals surface area contributed by atoms with Crippen molar-refractivity contribution in [1.82, 2.24) is 9.80 Å². The van der Waals surface area contributed by atoms with E-state index in [-0.39, 0.29) is 12.5 Å². The summed E-state index contributed by atoms with van der Waals surface area (Å²) >= 11 is 0. The van der Waals surface area contributed by atoms with Crippen molar-refractivity contribution < 1.29 is 9.18 Å². The van der Waals surface area contributed by atoms with Crippen molar-refractivity contribution in [3.63, 3.8) is 0 Å². The second kappa shape index (κ2) is 6.87. The molecule has 1 amide bonds. The molecule has 2 rings (SSSR count). The molecule has 1 aliphatic heterocycles. The molecule has 0 aliphatic carbocycles. The van der Waals surface area contributed by atoms with Gasteiger partial charge in [-0.15, -0.1) is 0 Å². The number of amides is 1. The van der Waals surface area contributed by atoms with Crippen LogP contribution in [-0.2, 0) is 4.79 Å². The van der Waals surface area contributed by atoms with Gasteiger partial charge < -0.3 is 16.0 Å². The lowest BCUT2D eigenvalue weighted by atomic mass is 10.2. The molecule has 5 nitrogen and oxygen atoms in total. The Kier molecular flexibility index (Phi) is 5.14. The number of rotatable bonds is 5. The topological polar surface area (TPSA) is 61.6 Å². The van der Waals surface area contributed by atoms with E-state index in [1.54, 1.807) is 0 Å². The zero-order valence-corrected chi connectivity index (χ0v) is 12.6. The van der Waals surface area contributed by atoms with E-state index < -0.39 is 5.82 Å². The number of nitrogens with one attached hydrogen (secondary N) is 1. The minimum Gasteiger partial charge on any atom is -0.397 e. The van der Waals surface area contributed by atoms with E-state index >= 15 is 0 Å². The summed E-state index contributed by atoms with van der Waals surface area (Å²) in [6.07, 6.45) is 2.38. The van der Waals surface area contributed by atoms with Crippen LogP contribution in [0.25, 0.3) is 0 Å². The number of carbonyl (C=O) groups excluding carboxylic acids is 1. The molecule has 21 heavy (non-hydrogen) atoms. The second-order valence-electron chi connectivity index (χ2n) is 5.75. The molecule has 1 aromatic rings. The van der Waals surface area contributed by atoms with E-state index in [4.69, 9.17) is 5.73 Å². The molecule has 3 N–H and O–H groups in total. The highest BCUT2D eigenvalue weighted by Gasteiger charge is 2.22. The highest BCUT2D eigenvalue weighted by atomic mass is 19.1. The fourth-order valence-corrected chi connectivity index (χ4v) is 2.71. The summed E-state index contributed by atoms with van der Waals surface area (Å²) in [4.78, 5) is 16.3. The zero-order chi connectivity index (χ0) is 15.4. The number of anilines is 2. The molecule has 0 bridgehead atoms. The third kappa shape index (κ3) is 4.41. The lowest BCUT2D eigenvalue weighted by molar-refractivity contribution is -0.117. The Hall–Kier alpha value is -1.66. The average molecular weight is 294 g/mol. The number of nitrogen functional groups attached to an aromatic ring is 1. The van der Waals surface area contributed by atoms with Gasteiger partial charge in [0, 0.05) is 12.6 Å². The van der Waals surface area contributed by atoms with Gasteiger partial charge >= 0.3 is 0 Å². The van der Waals surface area contributed by atoms with Gasteiger partial charge in [-0.2, -0.15) is 0 Å². The lowest BCUT2D eigenvalue weighted by Crippen LogP contribution is -2.40. The molecule has 1 saturated heterocycles. The molecule has 1 aliphatic rings. The van der Waals surface area contributed by atoms with Gasteiger partial charge in [0.1, 0.15) is 5.82 Å². The van der Waals surface area contributed by atoms with Gasteiger partial charge in [-0.1, -0.05) is 0 Å². The van der Waals surface area contributed by atoms with Crippen molar-refractivity contribution in [2.75, 3.05) is 44.8 Å². The number of hydrogen-bond acceptors (Lipinski definition) is 4. The molecule has 0 spiro atoms. The molecule has 1 unspecified atom stereocenters. The van der Waals surface area contributed by atoms with Crippen LogP contribution in [0.5, 0.6) is 0 Å². The van der Waals surface area contributed by atoms with Crippen LogP contribution in [0.1, 0.15) is 12.8 Å². The summed E-state index contributed by atoms with van der Waals surface area (Å²) in [5.74, 6) is -0.601. The number of hydrogen-bond donors (Lipinski definition) is 2. The molecule has 0 radical (unpaired) electrons. The van der Waals surface area contributed by atoms with Crippen molar-refractivity contribution in [2.45, 2.75) is 18.9 Å². The lowest BCUT2D eigenvalue weighted by Gasteiger charge is -2.25. The SMILES string of the molecule is CN(CC(=O)Nc1cc(F)ccc1N)CC1CCCN1C. The number of halogens is 1. The highest BCUT2D eigenvalue weighted by Crippen LogP contribution is 2.19. The van der Waals surface area contributed by atoms with Crippen LogP contribution < -0.4 is 11.1 Å². The highest BCUT2D eigenvalue weighted by molar-refractivity contribution is 5.95. The van der Waals surface area contributed by atoms with Gasteiger partial charge in [0.15, 0.2) is 0 Å². The predicted octanol–water partition coefficient (Wildman–Crippen LogP) is 1.37. The van der Waals surface area contributed by atoms with Crippen molar-refractivity contribution in [3.8, 4) is 0 Å².